The van der Waals surface area contributed by atoms with Gasteiger partial charge in [-0.3, -0.25) is 9.69 Å². The third-order valence-corrected chi connectivity index (χ3v) is 7.00. The van der Waals surface area contributed by atoms with E-state index < -0.39 is 6.10 Å². The van der Waals surface area contributed by atoms with Gasteiger partial charge in [0.25, 0.3) is 5.56 Å². The van der Waals surface area contributed by atoms with Crippen LogP contribution in [0.5, 0.6) is 5.75 Å². The highest BCUT2D eigenvalue weighted by molar-refractivity contribution is 7.17. The zero-order chi connectivity index (χ0) is 24.9. The van der Waals surface area contributed by atoms with Gasteiger partial charge < -0.3 is 14.8 Å². The van der Waals surface area contributed by atoms with Crippen molar-refractivity contribution in [1.29, 1.82) is 0 Å². The lowest BCUT2D eigenvalue weighted by atomic mass is 10.1. The van der Waals surface area contributed by atoms with E-state index in [-0.39, 0.29) is 5.56 Å². The lowest BCUT2D eigenvalue weighted by Gasteiger charge is -2.25. The van der Waals surface area contributed by atoms with Crippen molar-refractivity contribution in [3.05, 3.63) is 118 Å². The molecule has 0 spiro atoms. The molecule has 2 N–H and O–H groups in total. The molecule has 0 saturated carbocycles. The Labute approximate surface area is 213 Å². The van der Waals surface area contributed by atoms with Gasteiger partial charge in [0.15, 0.2) is 0 Å². The molecule has 7 heteroatoms. The molecule has 0 aliphatic rings. The first-order valence-corrected chi connectivity index (χ1v) is 12.6. The van der Waals surface area contributed by atoms with Crippen LogP contribution in [0.3, 0.4) is 0 Å². The van der Waals surface area contributed by atoms with Crippen molar-refractivity contribution in [2.75, 3.05) is 13.7 Å². The van der Waals surface area contributed by atoms with Crippen molar-refractivity contribution in [2.45, 2.75) is 19.2 Å². The predicted octanol–water partition coefficient (Wildman–Crippen LogP) is 5.40. The highest BCUT2D eigenvalue weighted by Gasteiger charge is 2.19. The highest BCUT2D eigenvalue weighted by Crippen LogP contribution is 2.36. The van der Waals surface area contributed by atoms with E-state index in [0.717, 1.165) is 22.3 Å². The summed E-state index contributed by atoms with van der Waals surface area (Å²) in [6, 6.07) is 27.4. The number of nitrogens with one attached hydrogen (secondary N) is 1. The van der Waals surface area contributed by atoms with E-state index in [2.05, 4.69) is 22.0 Å². The Hall–Kier alpha value is -3.78. The minimum atomic E-state index is -0.663. The molecule has 5 rings (SSSR count). The number of ether oxygens (including phenoxy) is 1. The van der Waals surface area contributed by atoms with E-state index in [1.807, 2.05) is 78.2 Å². The molecule has 2 heterocycles. The zero-order valence-corrected chi connectivity index (χ0v) is 20.7. The number of benzene rings is 3. The minimum Gasteiger partial charge on any atom is -0.496 e. The van der Waals surface area contributed by atoms with Gasteiger partial charge >= 0.3 is 0 Å². The molecule has 3 aromatic carbocycles. The van der Waals surface area contributed by atoms with Crippen molar-refractivity contribution in [1.82, 2.24) is 14.9 Å². The fraction of sp³-hybridized carbons (Fsp3) is 0.172. The van der Waals surface area contributed by atoms with Gasteiger partial charge in [-0.25, -0.2) is 4.98 Å². The molecule has 1 atom stereocenters. The fourth-order valence-electron chi connectivity index (χ4n) is 4.40. The first-order chi connectivity index (χ1) is 17.6. The number of aliphatic hydroxyl groups excluding tert-OH is 1. The van der Waals surface area contributed by atoms with Gasteiger partial charge in [0.1, 0.15) is 16.4 Å². The molecule has 6 nitrogen and oxygen atoms in total. The maximum absolute atomic E-state index is 13.2. The molecular formula is C29H27N3O3S. The fourth-order valence-corrected chi connectivity index (χ4v) is 5.36. The van der Waals surface area contributed by atoms with E-state index >= 15 is 0 Å². The monoisotopic (exact) mass is 497 g/mol. The quantitative estimate of drug-likeness (QED) is 0.285. The lowest BCUT2D eigenvalue weighted by molar-refractivity contribution is 0.103. The topological polar surface area (TPSA) is 78.5 Å². The molecule has 0 aliphatic heterocycles. The van der Waals surface area contributed by atoms with E-state index in [1.54, 1.807) is 7.11 Å². The molecule has 182 valence electrons. The Morgan fingerprint density at radius 3 is 2.39 bits per heavy atom. The number of fused-ring (bicyclic) bond motifs is 1. The average Bonchev–Trinajstić information content (AvgIpc) is 3.34. The number of rotatable bonds is 9. The van der Waals surface area contributed by atoms with Gasteiger partial charge in [-0.05, 0) is 17.2 Å². The Kier molecular flexibility index (Phi) is 7.23. The number of hydrogen-bond acceptors (Lipinski definition) is 6. The minimum absolute atomic E-state index is 0.180. The standard InChI is InChI=1S/C29H27N3O3S/c1-35-25-15-9-8-14-22(25)23-19-36-29-27(23)28(34)30-26(31-29)18-32(16-20-10-4-2-5-11-20)17-24(33)21-12-6-3-7-13-21/h2-15,19,24,33H,16-18H2,1H3,(H,30,31,34). The highest BCUT2D eigenvalue weighted by atomic mass is 32.1. The van der Waals surface area contributed by atoms with Crippen molar-refractivity contribution < 1.29 is 9.84 Å². The summed E-state index contributed by atoms with van der Waals surface area (Å²) in [4.78, 5) is 23.8. The second kappa shape index (κ2) is 10.9. The summed E-state index contributed by atoms with van der Waals surface area (Å²) in [5, 5.41) is 13.4. The molecule has 0 radical (unpaired) electrons. The Morgan fingerprint density at radius 2 is 1.64 bits per heavy atom. The summed E-state index contributed by atoms with van der Waals surface area (Å²) >= 11 is 1.44. The summed E-state index contributed by atoms with van der Waals surface area (Å²) in [5.41, 5.74) is 3.47. The van der Waals surface area contributed by atoms with Gasteiger partial charge in [0, 0.05) is 29.6 Å². The Bertz CT molecular complexity index is 1500. The Morgan fingerprint density at radius 1 is 0.944 bits per heavy atom. The lowest BCUT2D eigenvalue weighted by Crippen LogP contribution is -2.29. The largest absolute Gasteiger partial charge is 0.496 e. The zero-order valence-electron chi connectivity index (χ0n) is 19.9. The van der Waals surface area contributed by atoms with Gasteiger partial charge in [0.2, 0.25) is 0 Å². The number of methoxy groups -OCH3 is 1. The van der Waals surface area contributed by atoms with Gasteiger partial charge in [-0.2, -0.15) is 0 Å². The van der Waals surface area contributed by atoms with Crippen LogP contribution >= 0.6 is 11.3 Å². The predicted molar refractivity (Wildman–Crippen MR) is 144 cm³/mol. The van der Waals surface area contributed by atoms with Crippen LogP contribution in [-0.2, 0) is 13.1 Å². The molecule has 0 saturated heterocycles. The summed E-state index contributed by atoms with van der Waals surface area (Å²) in [7, 11) is 1.62. The van der Waals surface area contributed by atoms with E-state index in [0.29, 0.717) is 41.4 Å². The van der Waals surface area contributed by atoms with Crippen LogP contribution in [0.1, 0.15) is 23.1 Å². The van der Waals surface area contributed by atoms with Gasteiger partial charge in [-0.15, -0.1) is 11.3 Å². The number of aliphatic hydroxyl groups is 1. The third-order valence-electron chi connectivity index (χ3n) is 6.13. The summed E-state index contributed by atoms with van der Waals surface area (Å²) in [6.07, 6.45) is -0.663. The van der Waals surface area contributed by atoms with Crippen LogP contribution < -0.4 is 10.3 Å². The number of aromatic amines is 1. The van der Waals surface area contributed by atoms with E-state index in [4.69, 9.17) is 9.72 Å². The average molecular weight is 498 g/mol. The van der Waals surface area contributed by atoms with E-state index in [1.165, 1.54) is 11.3 Å². The molecule has 5 aromatic rings. The number of hydrogen-bond donors (Lipinski definition) is 2. The molecule has 36 heavy (non-hydrogen) atoms. The maximum Gasteiger partial charge on any atom is 0.260 e. The number of thiophene rings is 1. The van der Waals surface area contributed by atoms with Crippen LogP contribution in [0.25, 0.3) is 21.3 Å². The van der Waals surface area contributed by atoms with Crippen molar-refractivity contribution in [2.24, 2.45) is 0 Å². The maximum atomic E-state index is 13.2. The molecule has 1 unspecified atom stereocenters. The molecule has 0 fully saturated rings. The number of aromatic nitrogens is 2. The number of nitrogens with zero attached hydrogens (tertiary/aromatic N) is 2. The third kappa shape index (κ3) is 5.23. The van der Waals surface area contributed by atoms with Crippen LogP contribution in [-0.4, -0.2) is 33.6 Å². The molecule has 0 bridgehead atoms. The number of para-hydroxylation sites is 1. The first-order valence-electron chi connectivity index (χ1n) is 11.8. The normalized spacial score (nSPS) is 12.2. The second-order valence-electron chi connectivity index (χ2n) is 8.62. The number of H-pyrrole nitrogens is 1. The molecule has 0 aliphatic carbocycles. The van der Waals surface area contributed by atoms with Crippen molar-refractivity contribution >= 4 is 21.6 Å². The van der Waals surface area contributed by atoms with Crippen LogP contribution in [0.4, 0.5) is 0 Å². The summed E-state index contributed by atoms with van der Waals surface area (Å²) in [5.74, 6) is 1.28. The van der Waals surface area contributed by atoms with Crippen LogP contribution in [0, 0.1) is 0 Å². The summed E-state index contributed by atoms with van der Waals surface area (Å²) < 4.78 is 5.51. The molecule has 2 aromatic heterocycles. The SMILES string of the molecule is COc1ccccc1-c1csc2nc(CN(Cc3ccccc3)CC(O)c3ccccc3)[nH]c(=O)c12. The second-order valence-corrected chi connectivity index (χ2v) is 9.48. The Balaban J connectivity index is 1.45. The smallest absolute Gasteiger partial charge is 0.260 e. The van der Waals surface area contributed by atoms with Crippen LogP contribution in [0.2, 0.25) is 0 Å². The van der Waals surface area contributed by atoms with Crippen molar-refractivity contribution in [3.8, 4) is 16.9 Å². The van der Waals surface area contributed by atoms with E-state index in [9.17, 15) is 9.90 Å². The first kappa shape index (κ1) is 23.9. The molecular weight excluding hydrogens is 470 g/mol. The van der Waals surface area contributed by atoms with Gasteiger partial charge in [0.05, 0.1) is 25.1 Å². The van der Waals surface area contributed by atoms with Gasteiger partial charge in [-0.1, -0.05) is 78.9 Å². The summed E-state index contributed by atoms with van der Waals surface area (Å²) in [6.45, 7) is 1.41. The van der Waals surface area contributed by atoms with Crippen molar-refractivity contribution in [3.63, 3.8) is 0 Å². The van der Waals surface area contributed by atoms with Crippen LogP contribution in [0.15, 0.2) is 95.1 Å². The molecule has 0 amide bonds.